The highest BCUT2D eigenvalue weighted by Crippen LogP contribution is 2.37. The molecule has 8 heteroatoms. The summed E-state index contributed by atoms with van der Waals surface area (Å²) in [5.41, 5.74) is -1.38. The van der Waals surface area contributed by atoms with Crippen molar-refractivity contribution in [3.8, 4) is 6.07 Å². The zero-order valence-corrected chi connectivity index (χ0v) is 14.2. The van der Waals surface area contributed by atoms with Crippen molar-refractivity contribution in [3.63, 3.8) is 0 Å². The van der Waals surface area contributed by atoms with Crippen molar-refractivity contribution in [2.24, 2.45) is 0 Å². The van der Waals surface area contributed by atoms with Crippen LogP contribution in [0.5, 0.6) is 0 Å². The van der Waals surface area contributed by atoms with Crippen LogP contribution in [0.15, 0.2) is 16.8 Å². The minimum Gasteiger partial charge on any atom is -0.320 e. The van der Waals surface area contributed by atoms with Crippen LogP contribution in [0.25, 0.3) is 0 Å². The van der Waals surface area contributed by atoms with Gasteiger partial charge >= 0.3 is 6.18 Å². The Morgan fingerprint density at radius 1 is 1.26 bits per heavy atom. The second-order valence-electron chi connectivity index (χ2n) is 5.87. The predicted octanol–water partition coefficient (Wildman–Crippen LogP) is 5.25. The van der Waals surface area contributed by atoms with Gasteiger partial charge in [0.15, 0.2) is 0 Å². The lowest BCUT2D eigenvalue weighted by Crippen LogP contribution is -2.17. The number of anilines is 1. The average molecular weight is 358 g/mol. The van der Waals surface area contributed by atoms with E-state index in [1.807, 2.05) is 26.8 Å². The van der Waals surface area contributed by atoms with E-state index in [2.05, 4.69) is 5.32 Å². The summed E-state index contributed by atoms with van der Waals surface area (Å²) >= 11 is 2.03. The van der Waals surface area contributed by atoms with E-state index >= 15 is 0 Å². The van der Waals surface area contributed by atoms with Crippen LogP contribution in [-0.4, -0.2) is 5.91 Å². The number of hydrogen-bond donors (Lipinski definition) is 1. The van der Waals surface area contributed by atoms with E-state index in [1.165, 1.54) is 11.3 Å². The molecule has 0 aliphatic rings. The summed E-state index contributed by atoms with van der Waals surface area (Å²) < 4.78 is 38.6. The van der Waals surface area contributed by atoms with Gasteiger partial charge in [0.1, 0.15) is 10.9 Å². The molecule has 0 aliphatic carbocycles. The lowest BCUT2D eigenvalue weighted by Gasteiger charge is -2.15. The molecular weight excluding hydrogens is 345 g/mol. The van der Waals surface area contributed by atoms with Gasteiger partial charge in [-0.05, 0) is 11.5 Å². The van der Waals surface area contributed by atoms with Crippen molar-refractivity contribution >= 4 is 34.3 Å². The van der Waals surface area contributed by atoms with E-state index in [0.717, 1.165) is 27.0 Å². The van der Waals surface area contributed by atoms with Gasteiger partial charge in [-0.15, -0.1) is 11.3 Å². The fourth-order valence-electron chi connectivity index (χ4n) is 1.82. The number of nitrogens with one attached hydrogen (secondary N) is 1. The maximum absolute atomic E-state index is 12.9. The second kappa shape index (κ2) is 5.98. The molecule has 0 saturated carbocycles. The van der Waals surface area contributed by atoms with Crippen LogP contribution >= 0.6 is 22.7 Å². The first-order chi connectivity index (χ1) is 10.5. The van der Waals surface area contributed by atoms with E-state index in [0.29, 0.717) is 0 Å². The largest absolute Gasteiger partial charge is 0.417 e. The normalized spacial score (nSPS) is 12.0. The van der Waals surface area contributed by atoms with Crippen molar-refractivity contribution in [1.82, 2.24) is 0 Å². The van der Waals surface area contributed by atoms with E-state index < -0.39 is 23.2 Å². The fraction of sp³-hybridized carbons (Fsp3) is 0.333. The molecule has 0 fully saturated rings. The topological polar surface area (TPSA) is 52.9 Å². The quantitative estimate of drug-likeness (QED) is 0.797. The number of rotatable bonds is 2. The number of hydrogen-bond acceptors (Lipinski definition) is 4. The molecule has 2 heterocycles. The third-order valence-electron chi connectivity index (χ3n) is 3.03. The molecule has 0 atom stereocenters. The van der Waals surface area contributed by atoms with Gasteiger partial charge in [-0.2, -0.15) is 29.8 Å². The Balaban J connectivity index is 2.34. The summed E-state index contributed by atoms with van der Waals surface area (Å²) in [6.45, 7) is 5.85. The molecule has 1 amide bonds. The van der Waals surface area contributed by atoms with Crippen LogP contribution in [0.2, 0.25) is 0 Å². The summed E-state index contributed by atoms with van der Waals surface area (Å²) in [4.78, 5) is 13.3. The molecule has 2 aromatic rings. The van der Waals surface area contributed by atoms with Crippen LogP contribution in [-0.2, 0) is 11.6 Å². The van der Waals surface area contributed by atoms with E-state index in [1.54, 1.807) is 6.07 Å². The molecule has 122 valence electrons. The zero-order chi connectivity index (χ0) is 17.4. The fourth-order valence-corrected chi connectivity index (χ4v) is 3.62. The van der Waals surface area contributed by atoms with Gasteiger partial charge in [0, 0.05) is 15.6 Å². The summed E-state index contributed by atoms with van der Waals surface area (Å²) in [6.07, 6.45) is -4.59. The number of carbonyl (C=O) groups excluding carboxylic acids is 1. The minimum absolute atomic E-state index is 0.223. The zero-order valence-electron chi connectivity index (χ0n) is 12.5. The molecule has 2 aromatic heterocycles. The summed E-state index contributed by atoms with van der Waals surface area (Å²) in [5, 5.41) is 13.6. The molecule has 0 radical (unpaired) electrons. The van der Waals surface area contributed by atoms with Gasteiger partial charge in [0.2, 0.25) is 0 Å². The first-order valence-electron chi connectivity index (χ1n) is 6.53. The van der Waals surface area contributed by atoms with E-state index in [-0.39, 0.29) is 16.0 Å². The maximum atomic E-state index is 12.9. The molecule has 3 nitrogen and oxygen atoms in total. The molecule has 23 heavy (non-hydrogen) atoms. The van der Waals surface area contributed by atoms with E-state index in [4.69, 9.17) is 5.26 Å². The van der Waals surface area contributed by atoms with Crippen LogP contribution in [0, 0.1) is 11.3 Å². The van der Waals surface area contributed by atoms with Crippen LogP contribution in [0.3, 0.4) is 0 Å². The third-order valence-corrected chi connectivity index (χ3v) is 5.24. The van der Waals surface area contributed by atoms with Gasteiger partial charge in [-0.3, -0.25) is 4.79 Å². The monoisotopic (exact) mass is 358 g/mol. The molecule has 2 rings (SSSR count). The lowest BCUT2D eigenvalue weighted by molar-refractivity contribution is -0.137. The highest BCUT2D eigenvalue weighted by Gasteiger charge is 2.36. The Labute approximate surface area is 139 Å². The predicted molar refractivity (Wildman–Crippen MR) is 85.0 cm³/mol. The number of halogens is 3. The summed E-state index contributed by atoms with van der Waals surface area (Å²) in [5.74, 6) is -0.867. The molecule has 0 bridgehead atoms. The SMILES string of the molecule is CC(C)(C)c1cc(NC(=O)c2cscc2C(F)(F)F)c(C#N)s1. The first-order valence-corrected chi connectivity index (χ1v) is 8.29. The molecule has 1 N–H and O–H groups in total. The smallest absolute Gasteiger partial charge is 0.320 e. The third kappa shape index (κ3) is 3.74. The van der Waals surface area contributed by atoms with Crippen LogP contribution in [0.4, 0.5) is 18.9 Å². The van der Waals surface area contributed by atoms with Gasteiger partial charge in [-0.1, -0.05) is 20.8 Å². The van der Waals surface area contributed by atoms with Crippen molar-refractivity contribution in [2.45, 2.75) is 32.4 Å². The summed E-state index contributed by atoms with van der Waals surface area (Å²) in [7, 11) is 0. The molecule has 0 unspecified atom stereocenters. The van der Waals surface area contributed by atoms with E-state index in [9.17, 15) is 18.0 Å². The van der Waals surface area contributed by atoms with Gasteiger partial charge < -0.3 is 5.32 Å². The number of thiophene rings is 2. The molecule has 0 saturated heterocycles. The number of amides is 1. The highest BCUT2D eigenvalue weighted by molar-refractivity contribution is 7.13. The van der Waals surface area contributed by atoms with Gasteiger partial charge in [0.25, 0.3) is 5.91 Å². The second-order valence-corrected chi connectivity index (χ2v) is 7.66. The van der Waals surface area contributed by atoms with Gasteiger partial charge in [-0.25, -0.2) is 0 Å². The van der Waals surface area contributed by atoms with Crippen molar-refractivity contribution < 1.29 is 18.0 Å². The Morgan fingerprint density at radius 3 is 2.43 bits per heavy atom. The lowest BCUT2D eigenvalue weighted by atomic mass is 9.94. The molecule has 0 aliphatic heterocycles. The number of carbonyl (C=O) groups is 1. The number of nitriles is 1. The van der Waals surface area contributed by atoms with Crippen LogP contribution < -0.4 is 5.32 Å². The Bertz CT molecular complexity index is 776. The highest BCUT2D eigenvalue weighted by atomic mass is 32.1. The average Bonchev–Trinajstić information content (AvgIpc) is 3.03. The van der Waals surface area contributed by atoms with Crippen molar-refractivity contribution in [1.29, 1.82) is 5.26 Å². The van der Waals surface area contributed by atoms with Crippen molar-refractivity contribution in [2.75, 3.05) is 5.32 Å². The first kappa shape index (κ1) is 17.5. The summed E-state index contributed by atoms with van der Waals surface area (Å²) in [6, 6.07) is 3.61. The maximum Gasteiger partial charge on any atom is 0.417 e. The Kier molecular flexibility index (Phi) is 4.55. The molecule has 0 aromatic carbocycles. The van der Waals surface area contributed by atoms with Gasteiger partial charge in [0.05, 0.1) is 16.8 Å². The van der Waals surface area contributed by atoms with Crippen LogP contribution in [0.1, 0.15) is 46.4 Å². The number of alkyl halides is 3. The standard InChI is InChI=1S/C15H13F3N2OS2/c1-14(2,3)12-4-10(11(5-19)23-12)20-13(21)8-6-22-7-9(8)15(16,17)18/h4,6-7H,1-3H3,(H,20,21). The number of nitrogens with zero attached hydrogens (tertiary/aromatic N) is 1. The Morgan fingerprint density at radius 2 is 1.91 bits per heavy atom. The molecule has 0 spiro atoms. The minimum atomic E-state index is -4.59. The molecular formula is C15H13F3N2OS2. The Hall–Kier alpha value is -1.85. The van der Waals surface area contributed by atoms with Crippen molar-refractivity contribution in [3.05, 3.63) is 37.7 Å².